The largest absolute Gasteiger partial charge is 0.508 e. The zero-order valence-corrected chi connectivity index (χ0v) is 14.3. The van der Waals surface area contributed by atoms with E-state index in [9.17, 15) is 9.90 Å². The molecule has 0 spiro atoms. The highest BCUT2D eigenvalue weighted by Crippen LogP contribution is 2.37. The lowest BCUT2D eigenvalue weighted by Crippen LogP contribution is -2.36. The summed E-state index contributed by atoms with van der Waals surface area (Å²) in [6.07, 6.45) is 3.79. The van der Waals surface area contributed by atoms with Crippen LogP contribution in [0.4, 0.5) is 0 Å². The summed E-state index contributed by atoms with van der Waals surface area (Å²) in [5, 5.41) is 10.8. The first-order chi connectivity index (χ1) is 12.0. The first-order valence-corrected chi connectivity index (χ1v) is 8.35. The first-order valence-electron chi connectivity index (χ1n) is 8.35. The van der Waals surface area contributed by atoms with Gasteiger partial charge in [0, 0.05) is 40.3 Å². The smallest absolute Gasteiger partial charge is 0.257 e. The predicted molar refractivity (Wildman–Crippen MR) is 99.5 cm³/mol. The van der Waals surface area contributed by atoms with E-state index < -0.39 is 0 Å². The highest BCUT2D eigenvalue weighted by molar-refractivity contribution is 5.96. The Morgan fingerprint density at radius 3 is 2.76 bits per heavy atom. The molecule has 4 rings (SSSR count). The molecule has 1 aromatic heterocycles. The molecule has 2 N–H and O–H groups in total. The number of amides is 1. The van der Waals surface area contributed by atoms with Gasteiger partial charge in [-0.3, -0.25) is 4.79 Å². The number of phenolic OH excluding ortho intramolecular Hbond substituents is 1. The van der Waals surface area contributed by atoms with Crippen LogP contribution in [0, 0.1) is 0 Å². The number of para-hydroxylation sites is 1. The van der Waals surface area contributed by atoms with Crippen LogP contribution in [0.5, 0.6) is 5.75 Å². The van der Waals surface area contributed by atoms with Crippen molar-refractivity contribution in [2.45, 2.75) is 19.3 Å². The molecule has 0 aliphatic carbocycles. The minimum Gasteiger partial charge on any atom is -0.508 e. The third kappa shape index (κ3) is 2.60. The zero-order valence-electron chi connectivity index (χ0n) is 14.3. The van der Waals surface area contributed by atoms with Crippen molar-refractivity contribution < 1.29 is 9.90 Å². The fourth-order valence-corrected chi connectivity index (χ4v) is 3.68. The second-order valence-corrected chi connectivity index (χ2v) is 7.14. The lowest BCUT2D eigenvalue weighted by atomic mass is 9.82. The van der Waals surface area contributed by atoms with Crippen LogP contribution in [0.2, 0.25) is 0 Å². The zero-order chi connectivity index (χ0) is 17.6. The van der Waals surface area contributed by atoms with Crippen LogP contribution in [0.15, 0.2) is 54.7 Å². The van der Waals surface area contributed by atoms with Gasteiger partial charge in [-0.25, -0.2) is 0 Å². The number of aromatic hydroxyl groups is 1. The van der Waals surface area contributed by atoms with Gasteiger partial charge in [0.05, 0.1) is 0 Å². The molecule has 1 amide bonds. The molecule has 0 bridgehead atoms. The Kier molecular flexibility index (Phi) is 3.42. The van der Waals surface area contributed by atoms with Gasteiger partial charge in [-0.2, -0.15) is 0 Å². The Morgan fingerprint density at radius 2 is 1.96 bits per heavy atom. The molecular weight excluding hydrogens is 312 g/mol. The van der Waals surface area contributed by atoms with Crippen LogP contribution < -0.4 is 0 Å². The van der Waals surface area contributed by atoms with E-state index in [1.54, 1.807) is 23.1 Å². The van der Waals surface area contributed by atoms with Crippen LogP contribution in [0.1, 0.15) is 35.5 Å². The molecule has 0 radical (unpaired) electrons. The average Bonchev–Trinajstić information content (AvgIpc) is 2.91. The molecule has 0 atom stereocenters. The van der Waals surface area contributed by atoms with Crippen LogP contribution in [-0.4, -0.2) is 27.4 Å². The van der Waals surface area contributed by atoms with Gasteiger partial charge in [-0.05, 0) is 35.9 Å². The molecule has 2 heterocycles. The van der Waals surface area contributed by atoms with Crippen molar-refractivity contribution in [3.8, 4) is 5.75 Å². The highest BCUT2D eigenvalue weighted by atomic mass is 16.3. The summed E-state index contributed by atoms with van der Waals surface area (Å²) >= 11 is 0. The van der Waals surface area contributed by atoms with Crippen molar-refractivity contribution in [2.24, 2.45) is 0 Å². The van der Waals surface area contributed by atoms with Crippen LogP contribution in [0.3, 0.4) is 0 Å². The lowest BCUT2D eigenvalue weighted by molar-refractivity contribution is 0.0801. The van der Waals surface area contributed by atoms with E-state index >= 15 is 0 Å². The van der Waals surface area contributed by atoms with Crippen molar-refractivity contribution in [1.29, 1.82) is 0 Å². The highest BCUT2D eigenvalue weighted by Gasteiger charge is 2.32. The number of aromatic nitrogens is 1. The average molecular weight is 332 g/mol. The van der Waals surface area contributed by atoms with Gasteiger partial charge >= 0.3 is 0 Å². The Bertz CT molecular complexity index is 998. The van der Waals surface area contributed by atoms with Gasteiger partial charge in [0.25, 0.3) is 5.91 Å². The van der Waals surface area contributed by atoms with Crippen LogP contribution >= 0.6 is 0 Å². The SMILES string of the molecule is CC1(C)CN(C(=O)c2cccc(O)c2)C=Cc2[nH]c3ccccc3c21. The van der Waals surface area contributed by atoms with Crippen molar-refractivity contribution >= 4 is 22.9 Å². The molecule has 1 aliphatic heterocycles. The molecule has 0 saturated carbocycles. The Morgan fingerprint density at radius 1 is 1.16 bits per heavy atom. The summed E-state index contributed by atoms with van der Waals surface area (Å²) in [7, 11) is 0. The summed E-state index contributed by atoms with van der Waals surface area (Å²) in [4.78, 5) is 18.1. The van der Waals surface area contributed by atoms with E-state index in [2.05, 4.69) is 31.0 Å². The quantitative estimate of drug-likeness (QED) is 0.699. The van der Waals surface area contributed by atoms with Gasteiger partial charge in [-0.15, -0.1) is 0 Å². The number of carbonyl (C=O) groups excluding carboxylic acids is 1. The summed E-state index contributed by atoms with van der Waals surface area (Å²) in [5.41, 5.74) is 3.64. The summed E-state index contributed by atoms with van der Waals surface area (Å²) in [6, 6.07) is 14.7. The van der Waals surface area contributed by atoms with Gasteiger partial charge in [0.2, 0.25) is 0 Å². The molecule has 126 valence electrons. The number of nitrogens with zero attached hydrogens (tertiary/aromatic N) is 1. The third-order valence-electron chi connectivity index (χ3n) is 4.75. The van der Waals surface area contributed by atoms with Crippen molar-refractivity contribution in [3.63, 3.8) is 0 Å². The van der Waals surface area contributed by atoms with Gasteiger partial charge in [0.15, 0.2) is 0 Å². The van der Waals surface area contributed by atoms with Crippen LogP contribution in [0.25, 0.3) is 17.0 Å². The number of carbonyl (C=O) groups is 1. The number of phenols is 1. The van der Waals surface area contributed by atoms with Crippen LogP contribution in [-0.2, 0) is 5.41 Å². The number of fused-ring (bicyclic) bond motifs is 3. The Balaban J connectivity index is 1.77. The van der Waals surface area contributed by atoms with E-state index in [-0.39, 0.29) is 17.1 Å². The van der Waals surface area contributed by atoms with Crippen molar-refractivity contribution in [3.05, 3.63) is 71.6 Å². The maximum absolute atomic E-state index is 12.9. The number of rotatable bonds is 1. The Labute approximate surface area is 146 Å². The lowest BCUT2D eigenvalue weighted by Gasteiger charge is -2.29. The maximum Gasteiger partial charge on any atom is 0.257 e. The van der Waals surface area contributed by atoms with Crippen molar-refractivity contribution in [2.75, 3.05) is 6.54 Å². The molecule has 1 aliphatic rings. The van der Waals surface area contributed by atoms with Gasteiger partial charge < -0.3 is 15.0 Å². The second kappa shape index (κ2) is 5.52. The number of H-pyrrole nitrogens is 1. The third-order valence-corrected chi connectivity index (χ3v) is 4.75. The standard InChI is InChI=1S/C21H20N2O2/c1-21(2)13-23(20(25)14-6-5-7-15(24)12-14)11-10-18-19(21)16-8-3-4-9-17(16)22-18/h3-12,22,24H,13H2,1-2H3. The van der Waals surface area contributed by atoms with Gasteiger partial charge in [-0.1, -0.05) is 38.1 Å². The summed E-state index contributed by atoms with van der Waals surface area (Å²) in [6.45, 7) is 4.87. The number of benzene rings is 2. The molecule has 0 saturated heterocycles. The Hall–Kier alpha value is -3.01. The minimum atomic E-state index is -0.217. The normalized spacial score (nSPS) is 15.8. The summed E-state index contributed by atoms with van der Waals surface area (Å²) in [5.74, 6) is -0.0187. The number of hydrogen-bond donors (Lipinski definition) is 2. The predicted octanol–water partition coefficient (Wildman–Crippen LogP) is 4.28. The first kappa shape index (κ1) is 15.5. The fourth-order valence-electron chi connectivity index (χ4n) is 3.68. The molecule has 0 fully saturated rings. The summed E-state index contributed by atoms with van der Waals surface area (Å²) < 4.78 is 0. The molecule has 4 heteroatoms. The van der Waals surface area contributed by atoms with E-state index in [4.69, 9.17) is 0 Å². The van der Waals surface area contributed by atoms with Gasteiger partial charge in [0.1, 0.15) is 5.75 Å². The topological polar surface area (TPSA) is 56.3 Å². The number of aromatic amines is 1. The molecule has 2 aromatic carbocycles. The maximum atomic E-state index is 12.9. The molecule has 0 unspecified atom stereocenters. The molecule has 25 heavy (non-hydrogen) atoms. The minimum absolute atomic E-state index is 0.0973. The van der Waals surface area contributed by atoms with Crippen molar-refractivity contribution in [1.82, 2.24) is 9.88 Å². The van der Waals surface area contributed by atoms with E-state index in [0.29, 0.717) is 12.1 Å². The number of nitrogens with one attached hydrogen (secondary N) is 1. The van der Waals surface area contributed by atoms with E-state index in [1.165, 1.54) is 17.0 Å². The van der Waals surface area contributed by atoms with E-state index in [1.807, 2.05) is 24.4 Å². The molecular formula is C21H20N2O2. The van der Waals surface area contributed by atoms with E-state index in [0.717, 1.165) is 11.2 Å². The molecule has 3 aromatic rings. The second-order valence-electron chi connectivity index (χ2n) is 7.14. The fraction of sp³-hybridized carbons (Fsp3) is 0.190. The molecule has 4 nitrogen and oxygen atoms in total. The number of hydrogen-bond acceptors (Lipinski definition) is 2. The monoisotopic (exact) mass is 332 g/mol.